The minimum absolute atomic E-state index is 0.319. The van der Waals surface area contributed by atoms with Gasteiger partial charge in [0.25, 0.3) is 5.91 Å². The molecule has 0 saturated carbocycles. The van der Waals surface area contributed by atoms with Gasteiger partial charge >= 0.3 is 5.97 Å². The zero-order valence-electron chi connectivity index (χ0n) is 11.8. The molecule has 20 heavy (non-hydrogen) atoms. The Morgan fingerprint density at radius 3 is 2.70 bits per heavy atom. The van der Waals surface area contributed by atoms with Crippen molar-refractivity contribution in [3.63, 3.8) is 0 Å². The number of thioether (sulfide) groups is 1. The maximum absolute atomic E-state index is 12.1. The van der Waals surface area contributed by atoms with Gasteiger partial charge in [-0.2, -0.15) is 11.8 Å². The van der Waals surface area contributed by atoms with Crippen molar-refractivity contribution >= 4 is 23.6 Å². The lowest BCUT2D eigenvalue weighted by molar-refractivity contribution is -0.142. The molecule has 5 nitrogen and oxygen atoms in total. The second kappa shape index (κ2) is 8.47. The lowest BCUT2D eigenvalue weighted by Gasteiger charge is -2.16. The first-order valence-corrected chi connectivity index (χ1v) is 7.53. The van der Waals surface area contributed by atoms with Crippen LogP contribution in [0.25, 0.3) is 0 Å². The lowest BCUT2D eigenvalue weighted by atomic mass is 10.1. The number of carbonyl (C=O) groups excluding carboxylic acids is 2. The molecular weight excluding hydrogens is 278 g/mol. The van der Waals surface area contributed by atoms with Crippen LogP contribution in [0, 0.1) is 0 Å². The quantitative estimate of drug-likeness (QED) is 0.776. The highest BCUT2D eigenvalue weighted by atomic mass is 32.2. The van der Waals surface area contributed by atoms with Crippen LogP contribution in [0.15, 0.2) is 24.3 Å². The average Bonchev–Trinajstić information content (AvgIpc) is 2.50. The highest BCUT2D eigenvalue weighted by Gasteiger charge is 2.21. The fraction of sp³-hybridized carbons (Fsp3) is 0.429. The molecule has 0 aromatic heterocycles. The Balaban J connectivity index is 2.75. The number of esters is 1. The van der Waals surface area contributed by atoms with Crippen molar-refractivity contribution in [2.24, 2.45) is 0 Å². The lowest BCUT2D eigenvalue weighted by Crippen LogP contribution is -2.41. The molecule has 0 aliphatic rings. The summed E-state index contributed by atoms with van der Waals surface area (Å²) in [6.07, 6.45) is 2.47. The normalized spacial score (nSPS) is 11.6. The first-order chi connectivity index (χ1) is 9.62. The Bertz CT molecular complexity index is 464. The third-order valence-electron chi connectivity index (χ3n) is 2.73. The Labute approximate surface area is 123 Å². The predicted molar refractivity (Wildman–Crippen MR) is 79.3 cm³/mol. The Hall–Kier alpha value is -1.69. The molecule has 1 amide bonds. The number of benzene rings is 1. The molecular formula is C14H19NO4S. The van der Waals surface area contributed by atoms with E-state index in [-0.39, 0.29) is 5.91 Å². The number of ether oxygens (including phenoxy) is 2. The van der Waals surface area contributed by atoms with E-state index in [0.29, 0.717) is 17.7 Å². The minimum atomic E-state index is -0.633. The van der Waals surface area contributed by atoms with E-state index < -0.39 is 12.0 Å². The molecule has 1 N–H and O–H groups in total. The Kier molecular flexibility index (Phi) is 6.93. The van der Waals surface area contributed by atoms with Crippen molar-refractivity contribution in [3.8, 4) is 5.75 Å². The van der Waals surface area contributed by atoms with Crippen molar-refractivity contribution in [1.29, 1.82) is 0 Å². The highest BCUT2D eigenvalue weighted by molar-refractivity contribution is 7.98. The maximum atomic E-state index is 12.1. The summed E-state index contributed by atoms with van der Waals surface area (Å²) in [4.78, 5) is 23.8. The van der Waals surface area contributed by atoms with Crippen molar-refractivity contribution in [2.45, 2.75) is 12.5 Å². The van der Waals surface area contributed by atoms with Gasteiger partial charge in [-0.05, 0) is 36.6 Å². The van der Waals surface area contributed by atoms with Gasteiger partial charge < -0.3 is 14.8 Å². The molecule has 0 fully saturated rings. The van der Waals surface area contributed by atoms with Crippen LogP contribution in [-0.4, -0.2) is 44.1 Å². The summed E-state index contributed by atoms with van der Waals surface area (Å²) in [5.41, 5.74) is 0.447. The molecule has 1 aromatic carbocycles. The van der Waals surface area contributed by atoms with Crippen molar-refractivity contribution in [2.75, 3.05) is 26.2 Å². The van der Waals surface area contributed by atoms with Gasteiger partial charge in [-0.1, -0.05) is 6.07 Å². The van der Waals surface area contributed by atoms with E-state index >= 15 is 0 Å². The molecule has 0 aliphatic heterocycles. The fourth-order valence-electron chi connectivity index (χ4n) is 1.63. The number of methoxy groups -OCH3 is 2. The number of hydrogen-bond acceptors (Lipinski definition) is 5. The topological polar surface area (TPSA) is 64.6 Å². The summed E-state index contributed by atoms with van der Waals surface area (Å²) in [7, 11) is 2.85. The summed E-state index contributed by atoms with van der Waals surface area (Å²) >= 11 is 1.61. The van der Waals surface area contributed by atoms with Crippen LogP contribution in [0.3, 0.4) is 0 Å². The van der Waals surface area contributed by atoms with Crippen LogP contribution in [0.5, 0.6) is 5.75 Å². The van der Waals surface area contributed by atoms with Gasteiger partial charge in [0, 0.05) is 5.56 Å². The van der Waals surface area contributed by atoms with E-state index in [9.17, 15) is 9.59 Å². The third kappa shape index (κ3) is 4.77. The van der Waals surface area contributed by atoms with Crippen molar-refractivity contribution in [1.82, 2.24) is 5.32 Å². The molecule has 6 heteroatoms. The van der Waals surface area contributed by atoms with E-state index in [1.165, 1.54) is 14.2 Å². The number of nitrogens with one attached hydrogen (secondary N) is 1. The molecule has 1 unspecified atom stereocenters. The van der Waals surface area contributed by atoms with Crippen LogP contribution in [-0.2, 0) is 9.53 Å². The number of hydrogen-bond donors (Lipinski definition) is 1. The number of carbonyl (C=O) groups is 2. The summed E-state index contributed by atoms with van der Waals surface area (Å²) in [5.74, 6) is 0.602. The van der Waals surface area contributed by atoms with Gasteiger partial charge in [0.15, 0.2) is 0 Å². The zero-order valence-corrected chi connectivity index (χ0v) is 12.7. The second-order valence-electron chi connectivity index (χ2n) is 4.06. The standard InChI is InChI=1S/C14H19NO4S/c1-18-11-6-4-5-10(9-11)13(16)15-12(7-8-20-3)14(17)19-2/h4-6,9,12H,7-8H2,1-3H3,(H,15,16). The molecule has 1 rings (SSSR count). The molecule has 0 bridgehead atoms. The molecule has 0 spiro atoms. The maximum Gasteiger partial charge on any atom is 0.328 e. The molecule has 0 heterocycles. The van der Waals surface area contributed by atoms with Gasteiger partial charge in [-0.25, -0.2) is 4.79 Å². The Morgan fingerprint density at radius 1 is 1.35 bits per heavy atom. The first-order valence-electron chi connectivity index (χ1n) is 6.14. The second-order valence-corrected chi connectivity index (χ2v) is 5.05. The highest BCUT2D eigenvalue weighted by Crippen LogP contribution is 2.13. The van der Waals surface area contributed by atoms with E-state index in [1.807, 2.05) is 6.26 Å². The molecule has 0 radical (unpaired) electrons. The summed E-state index contributed by atoms with van der Waals surface area (Å²) in [6.45, 7) is 0. The van der Waals surface area contributed by atoms with Crippen LogP contribution in [0.1, 0.15) is 16.8 Å². The smallest absolute Gasteiger partial charge is 0.328 e. The first kappa shape index (κ1) is 16.4. The van der Waals surface area contributed by atoms with Crippen LogP contribution < -0.4 is 10.1 Å². The fourth-order valence-corrected chi connectivity index (χ4v) is 2.10. The van der Waals surface area contributed by atoms with Gasteiger partial charge in [0.2, 0.25) is 0 Å². The summed E-state index contributed by atoms with van der Waals surface area (Å²) in [5, 5.41) is 2.69. The SMILES string of the molecule is COC(=O)C(CCSC)NC(=O)c1cccc(OC)c1. The zero-order chi connectivity index (χ0) is 15.0. The van der Waals surface area contributed by atoms with Crippen LogP contribution >= 0.6 is 11.8 Å². The van der Waals surface area contributed by atoms with Crippen molar-refractivity contribution in [3.05, 3.63) is 29.8 Å². The molecule has 1 aromatic rings. The summed E-state index contributed by atoms with van der Waals surface area (Å²) < 4.78 is 9.77. The Morgan fingerprint density at radius 2 is 2.10 bits per heavy atom. The average molecular weight is 297 g/mol. The van der Waals surface area contributed by atoms with E-state index in [0.717, 1.165) is 5.75 Å². The van der Waals surface area contributed by atoms with Gasteiger partial charge in [-0.3, -0.25) is 4.79 Å². The van der Waals surface area contributed by atoms with E-state index in [2.05, 4.69) is 5.32 Å². The van der Waals surface area contributed by atoms with Gasteiger partial charge in [0.05, 0.1) is 14.2 Å². The molecule has 110 valence electrons. The minimum Gasteiger partial charge on any atom is -0.497 e. The van der Waals surface area contributed by atoms with Gasteiger partial charge in [-0.15, -0.1) is 0 Å². The summed E-state index contributed by atoms with van der Waals surface area (Å²) in [6, 6.07) is 6.13. The van der Waals surface area contributed by atoms with Crippen LogP contribution in [0.4, 0.5) is 0 Å². The number of rotatable bonds is 7. The number of amides is 1. The molecule has 0 saturated heterocycles. The largest absolute Gasteiger partial charge is 0.497 e. The van der Waals surface area contributed by atoms with E-state index in [1.54, 1.807) is 36.0 Å². The molecule has 1 atom stereocenters. The van der Waals surface area contributed by atoms with Gasteiger partial charge in [0.1, 0.15) is 11.8 Å². The molecule has 0 aliphatic carbocycles. The van der Waals surface area contributed by atoms with Crippen molar-refractivity contribution < 1.29 is 19.1 Å². The third-order valence-corrected chi connectivity index (χ3v) is 3.38. The predicted octanol–water partition coefficient (Wildman–Crippen LogP) is 1.72. The van der Waals surface area contributed by atoms with Crippen LogP contribution in [0.2, 0.25) is 0 Å². The van der Waals surface area contributed by atoms with E-state index in [4.69, 9.17) is 9.47 Å². The monoisotopic (exact) mass is 297 g/mol.